The van der Waals surface area contributed by atoms with Gasteiger partial charge in [-0.15, -0.1) is 0 Å². The number of para-hydroxylation sites is 1. The number of aromatic amines is 1. The van der Waals surface area contributed by atoms with E-state index >= 15 is 0 Å². The van der Waals surface area contributed by atoms with Gasteiger partial charge in [0.15, 0.2) is 0 Å². The SMILES string of the molecule is COC(=O)c1c[nH]c(=O)c(NC(=O)c2cc(-c3ccc(Cl)cc3)nn2-c2ccccc2)c1. The van der Waals surface area contributed by atoms with Crippen LogP contribution in [0, 0.1) is 0 Å². The molecule has 160 valence electrons. The highest BCUT2D eigenvalue weighted by atomic mass is 35.5. The summed E-state index contributed by atoms with van der Waals surface area (Å²) in [7, 11) is 1.22. The average molecular weight is 449 g/mol. The fourth-order valence-corrected chi connectivity index (χ4v) is 3.20. The molecule has 0 fully saturated rings. The number of rotatable bonds is 5. The van der Waals surface area contributed by atoms with Crippen LogP contribution in [0.25, 0.3) is 16.9 Å². The molecule has 1 amide bonds. The lowest BCUT2D eigenvalue weighted by Crippen LogP contribution is -2.23. The molecule has 8 nitrogen and oxygen atoms in total. The Labute approximate surface area is 187 Å². The minimum absolute atomic E-state index is 0.0910. The molecule has 0 aliphatic rings. The van der Waals surface area contributed by atoms with E-state index in [-0.39, 0.29) is 16.9 Å². The van der Waals surface area contributed by atoms with E-state index in [2.05, 4.69) is 20.1 Å². The minimum Gasteiger partial charge on any atom is -0.465 e. The zero-order chi connectivity index (χ0) is 22.7. The molecule has 0 aliphatic heterocycles. The number of amides is 1. The predicted molar refractivity (Wildman–Crippen MR) is 120 cm³/mol. The molecule has 0 spiro atoms. The molecule has 2 N–H and O–H groups in total. The lowest BCUT2D eigenvalue weighted by Gasteiger charge is -2.08. The summed E-state index contributed by atoms with van der Waals surface area (Å²) in [6.07, 6.45) is 1.22. The van der Waals surface area contributed by atoms with Crippen molar-refractivity contribution >= 4 is 29.2 Å². The number of carbonyl (C=O) groups is 2. The van der Waals surface area contributed by atoms with Crippen molar-refractivity contribution < 1.29 is 14.3 Å². The van der Waals surface area contributed by atoms with Gasteiger partial charge in [-0.1, -0.05) is 41.9 Å². The van der Waals surface area contributed by atoms with Gasteiger partial charge >= 0.3 is 5.97 Å². The van der Waals surface area contributed by atoms with E-state index in [0.29, 0.717) is 16.4 Å². The smallest absolute Gasteiger partial charge is 0.339 e. The van der Waals surface area contributed by atoms with Gasteiger partial charge in [0.2, 0.25) is 0 Å². The van der Waals surface area contributed by atoms with Gasteiger partial charge in [-0.3, -0.25) is 9.59 Å². The summed E-state index contributed by atoms with van der Waals surface area (Å²) in [5.41, 5.74) is 1.62. The zero-order valence-electron chi connectivity index (χ0n) is 16.8. The minimum atomic E-state index is -0.642. The number of H-pyrrole nitrogens is 1. The van der Waals surface area contributed by atoms with Crippen molar-refractivity contribution in [2.24, 2.45) is 0 Å². The van der Waals surface area contributed by atoms with E-state index in [4.69, 9.17) is 11.6 Å². The van der Waals surface area contributed by atoms with Gasteiger partial charge in [0.1, 0.15) is 11.4 Å². The number of aromatic nitrogens is 3. The first-order valence-corrected chi connectivity index (χ1v) is 9.88. The zero-order valence-corrected chi connectivity index (χ0v) is 17.6. The normalized spacial score (nSPS) is 10.6. The van der Waals surface area contributed by atoms with Crippen LogP contribution in [0.2, 0.25) is 5.02 Å². The topological polar surface area (TPSA) is 106 Å². The average Bonchev–Trinajstić information content (AvgIpc) is 3.26. The molecule has 2 aromatic carbocycles. The van der Waals surface area contributed by atoms with Crippen LogP contribution in [-0.4, -0.2) is 33.8 Å². The van der Waals surface area contributed by atoms with Gasteiger partial charge < -0.3 is 15.0 Å². The first kappa shape index (κ1) is 21.1. The van der Waals surface area contributed by atoms with E-state index in [1.165, 1.54) is 24.1 Å². The molecule has 2 aromatic heterocycles. The number of methoxy groups -OCH3 is 1. The van der Waals surface area contributed by atoms with Crippen LogP contribution in [0.15, 0.2) is 77.7 Å². The fraction of sp³-hybridized carbons (Fsp3) is 0.0435. The molecule has 9 heteroatoms. The van der Waals surface area contributed by atoms with Crippen LogP contribution in [0.1, 0.15) is 20.8 Å². The Hall–Kier alpha value is -4.17. The van der Waals surface area contributed by atoms with Gasteiger partial charge in [0.25, 0.3) is 11.5 Å². The molecule has 2 heterocycles. The number of nitrogens with zero attached hydrogens (tertiary/aromatic N) is 2. The molecule has 0 unspecified atom stereocenters. The van der Waals surface area contributed by atoms with E-state index in [0.717, 1.165) is 5.56 Å². The molecule has 32 heavy (non-hydrogen) atoms. The van der Waals surface area contributed by atoms with Gasteiger partial charge in [-0.25, -0.2) is 9.48 Å². The molecule has 0 bridgehead atoms. The molecule has 0 radical (unpaired) electrons. The number of hydrogen-bond donors (Lipinski definition) is 2. The number of benzene rings is 2. The van der Waals surface area contributed by atoms with Gasteiger partial charge in [0, 0.05) is 16.8 Å². The molecule has 0 saturated heterocycles. The Morgan fingerprint density at radius 3 is 2.47 bits per heavy atom. The van der Waals surface area contributed by atoms with Crippen molar-refractivity contribution in [3.8, 4) is 16.9 Å². The van der Waals surface area contributed by atoms with Crippen LogP contribution in [-0.2, 0) is 4.74 Å². The van der Waals surface area contributed by atoms with Gasteiger partial charge in [-0.2, -0.15) is 5.10 Å². The Morgan fingerprint density at radius 2 is 1.78 bits per heavy atom. The summed E-state index contributed by atoms with van der Waals surface area (Å²) in [6.45, 7) is 0. The van der Waals surface area contributed by atoms with E-state index < -0.39 is 17.4 Å². The van der Waals surface area contributed by atoms with Crippen molar-refractivity contribution in [2.75, 3.05) is 12.4 Å². The maximum Gasteiger partial charge on any atom is 0.339 e. The van der Waals surface area contributed by atoms with Crippen molar-refractivity contribution in [3.63, 3.8) is 0 Å². The standard InChI is InChI=1S/C23H17ClN4O4/c1-32-23(31)15-11-19(21(29)25-13-15)26-22(30)20-12-18(14-7-9-16(24)10-8-14)27-28(20)17-5-3-2-4-6-17/h2-13H,1H3,(H,25,29)(H,26,30). The summed E-state index contributed by atoms with van der Waals surface area (Å²) in [5.74, 6) is -1.22. The fourth-order valence-electron chi connectivity index (χ4n) is 3.07. The first-order valence-electron chi connectivity index (χ1n) is 9.50. The maximum atomic E-state index is 13.1. The third-order valence-electron chi connectivity index (χ3n) is 4.66. The summed E-state index contributed by atoms with van der Waals surface area (Å²) < 4.78 is 6.14. The van der Waals surface area contributed by atoms with Crippen LogP contribution in [0.4, 0.5) is 5.69 Å². The molecule has 4 rings (SSSR count). The van der Waals surface area contributed by atoms with E-state index in [1.54, 1.807) is 42.5 Å². The highest BCUT2D eigenvalue weighted by Crippen LogP contribution is 2.24. The van der Waals surface area contributed by atoms with Gasteiger partial charge in [-0.05, 0) is 36.4 Å². The van der Waals surface area contributed by atoms with Crippen molar-refractivity contribution in [1.29, 1.82) is 0 Å². The van der Waals surface area contributed by atoms with Crippen molar-refractivity contribution in [1.82, 2.24) is 14.8 Å². The molecule has 0 aliphatic carbocycles. The number of ether oxygens (including phenoxy) is 1. The van der Waals surface area contributed by atoms with Crippen LogP contribution in [0.5, 0.6) is 0 Å². The molecular formula is C23H17ClN4O4. The molecule has 4 aromatic rings. The summed E-state index contributed by atoms with van der Waals surface area (Å²) in [5, 5.41) is 7.72. The highest BCUT2D eigenvalue weighted by molar-refractivity contribution is 6.30. The lowest BCUT2D eigenvalue weighted by atomic mass is 10.1. The number of carbonyl (C=O) groups excluding carboxylic acids is 2. The molecular weight excluding hydrogens is 432 g/mol. The van der Waals surface area contributed by atoms with Crippen molar-refractivity contribution in [3.05, 3.63) is 99.6 Å². The second-order valence-electron chi connectivity index (χ2n) is 6.75. The second kappa shape index (κ2) is 8.91. The van der Waals surface area contributed by atoms with Crippen LogP contribution in [0.3, 0.4) is 0 Å². The van der Waals surface area contributed by atoms with E-state index in [1.807, 2.05) is 18.2 Å². The predicted octanol–water partition coefficient (Wildman–Crippen LogP) is 3.92. The Morgan fingerprint density at radius 1 is 1.06 bits per heavy atom. The number of pyridine rings is 1. The van der Waals surface area contributed by atoms with Crippen LogP contribution < -0.4 is 10.9 Å². The third-order valence-corrected chi connectivity index (χ3v) is 4.91. The number of esters is 1. The quantitative estimate of drug-likeness (QED) is 0.450. The Bertz CT molecular complexity index is 1340. The maximum absolute atomic E-state index is 13.1. The second-order valence-corrected chi connectivity index (χ2v) is 7.18. The summed E-state index contributed by atoms with van der Waals surface area (Å²) >= 11 is 5.98. The number of anilines is 1. The largest absolute Gasteiger partial charge is 0.465 e. The first-order chi connectivity index (χ1) is 15.5. The summed E-state index contributed by atoms with van der Waals surface area (Å²) in [4.78, 5) is 39.5. The number of hydrogen-bond acceptors (Lipinski definition) is 5. The van der Waals surface area contributed by atoms with E-state index in [9.17, 15) is 14.4 Å². The Balaban J connectivity index is 1.75. The monoisotopic (exact) mass is 448 g/mol. The summed E-state index contributed by atoms with van der Waals surface area (Å²) in [6, 6.07) is 19.0. The van der Waals surface area contributed by atoms with Crippen molar-refractivity contribution in [2.45, 2.75) is 0 Å². The lowest BCUT2D eigenvalue weighted by molar-refractivity contribution is 0.0600. The third kappa shape index (κ3) is 4.30. The molecule has 0 saturated carbocycles. The Kier molecular flexibility index (Phi) is 5.87. The number of halogens is 1. The number of nitrogens with one attached hydrogen (secondary N) is 2. The highest BCUT2D eigenvalue weighted by Gasteiger charge is 2.19. The van der Waals surface area contributed by atoms with Gasteiger partial charge in [0.05, 0.1) is 24.1 Å². The molecule has 0 atom stereocenters. The van der Waals surface area contributed by atoms with Crippen LogP contribution >= 0.6 is 11.6 Å².